The molecular weight excluding hydrogens is 303 g/mol. The van der Waals surface area contributed by atoms with Gasteiger partial charge in [0, 0.05) is 11.7 Å². The van der Waals surface area contributed by atoms with Crippen molar-refractivity contribution in [3.05, 3.63) is 58.1 Å². The minimum absolute atomic E-state index is 0.565. The predicted octanol–water partition coefficient (Wildman–Crippen LogP) is 5.03. The molecule has 0 aliphatic carbocycles. The van der Waals surface area contributed by atoms with Crippen LogP contribution in [0, 0.1) is 0 Å². The van der Waals surface area contributed by atoms with Gasteiger partial charge in [-0.25, -0.2) is 0 Å². The molecule has 4 heteroatoms. The van der Waals surface area contributed by atoms with Crippen molar-refractivity contribution in [2.45, 2.75) is 25.3 Å². The molecule has 0 saturated carbocycles. The van der Waals surface area contributed by atoms with Gasteiger partial charge in [-0.05, 0) is 49.6 Å². The van der Waals surface area contributed by atoms with Crippen LogP contribution in [-0.4, -0.2) is 12.6 Å². The largest absolute Gasteiger partial charge is 0.353 e. The Balaban J connectivity index is 1.85. The normalized spacial score (nSPS) is 17.9. The Labute approximate surface area is 135 Å². The molecule has 1 heterocycles. The highest BCUT2D eigenvalue weighted by Crippen LogP contribution is 2.34. The van der Waals surface area contributed by atoms with E-state index in [1.165, 1.54) is 18.4 Å². The molecule has 2 aromatic carbocycles. The summed E-state index contributed by atoms with van der Waals surface area (Å²) in [6, 6.07) is 14.4. The standard InChI is InChI=1S/C17H18Cl2N2/c18-14-7-3-8-15(19)17(14)21-16-9-2-1-5-12(16)11-13-6-4-10-20-13/h1-3,5,7-9,13,20-21H,4,6,10-11H2. The molecule has 2 nitrogen and oxygen atoms in total. The van der Waals surface area contributed by atoms with Crippen LogP contribution in [0.1, 0.15) is 18.4 Å². The summed E-state index contributed by atoms with van der Waals surface area (Å²) in [4.78, 5) is 0. The van der Waals surface area contributed by atoms with Crippen LogP contribution in [0.3, 0.4) is 0 Å². The minimum atomic E-state index is 0.565. The summed E-state index contributed by atoms with van der Waals surface area (Å²) in [7, 11) is 0. The molecule has 1 fully saturated rings. The molecule has 1 atom stereocenters. The van der Waals surface area contributed by atoms with Crippen LogP contribution in [0.5, 0.6) is 0 Å². The molecule has 0 radical (unpaired) electrons. The van der Waals surface area contributed by atoms with Gasteiger partial charge in [0.1, 0.15) is 0 Å². The van der Waals surface area contributed by atoms with Crippen LogP contribution < -0.4 is 10.6 Å². The average molecular weight is 321 g/mol. The fourth-order valence-electron chi connectivity index (χ4n) is 2.77. The molecule has 3 rings (SSSR count). The van der Waals surface area contributed by atoms with Crippen LogP contribution in [-0.2, 0) is 6.42 Å². The lowest BCUT2D eigenvalue weighted by molar-refractivity contribution is 0.604. The molecule has 0 spiro atoms. The number of rotatable bonds is 4. The van der Waals surface area contributed by atoms with Gasteiger partial charge in [-0.15, -0.1) is 0 Å². The molecule has 1 aliphatic rings. The van der Waals surface area contributed by atoms with E-state index in [4.69, 9.17) is 23.2 Å². The molecule has 0 aromatic heterocycles. The maximum Gasteiger partial charge on any atom is 0.0762 e. The molecule has 1 aliphatic heterocycles. The van der Waals surface area contributed by atoms with E-state index in [1.54, 1.807) is 0 Å². The molecule has 110 valence electrons. The Morgan fingerprint density at radius 1 is 1.05 bits per heavy atom. The van der Waals surface area contributed by atoms with Crippen molar-refractivity contribution >= 4 is 34.6 Å². The summed E-state index contributed by atoms with van der Waals surface area (Å²) >= 11 is 12.5. The first kappa shape index (κ1) is 14.7. The summed E-state index contributed by atoms with van der Waals surface area (Å²) in [6.45, 7) is 1.12. The summed E-state index contributed by atoms with van der Waals surface area (Å²) < 4.78 is 0. The maximum atomic E-state index is 6.24. The van der Waals surface area contributed by atoms with Crippen molar-refractivity contribution in [2.24, 2.45) is 0 Å². The second-order valence-corrected chi connectivity index (χ2v) is 6.19. The van der Waals surface area contributed by atoms with Crippen LogP contribution in [0.15, 0.2) is 42.5 Å². The van der Waals surface area contributed by atoms with Gasteiger partial charge in [-0.2, -0.15) is 0 Å². The van der Waals surface area contributed by atoms with E-state index >= 15 is 0 Å². The lowest BCUT2D eigenvalue weighted by Crippen LogP contribution is -2.23. The number of anilines is 2. The predicted molar refractivity (Wildman–Crippen MR) is 90.9 cm³/mol. The van der Waals surface area contributed by atoms with Gasteiger partial charge in [0.25, 0.3) is 0 Å². The zero-order valence-electron chi connectivity index (χ0n) is 11.7. The van der Waals surface area contributed by atoms with Gasteiger partial charge < -0.3 is 10.6 Å². The number of para-hydroxylation sites is 2. The topological polar surface area (TPSA) is 24.1 Å². The first-order valence-electron chi connectivity index (χ1n) is 7.26. The van der Waals surface area contributed by atoms with E-state index in [1.807, 2.05) is 24.3 Å². The van der Waals surface area contributed by atoms with Crippen LogP contribution in [0.25, 0.3) is 0 Å². The van der Waals surface area contributed by atoms with Gasteiger partial charge in [-0.3, -0.25) is 0 Å². The van der Waals surface area contributed by atoms with Crippen LogP contribution in [0.2, 0.25) is 10.0 Å². The fourth-order valence-corrected chi connectivity index (χ4v) is 3.26. The number of benzene rings is 2. The van der Waals surface area contributed by atoms with E-state index in [2.05, 4.69) is 28.8 Å². The Kier molecular flexibility index (Phi) is 4.69. The Bertz CT molecular complexity index is 602. The summed E-state index contributed by atoms with van der Waals surface area (Å²) in [5.74, 6) is 0. The van der Waals surface area contributed by atoms with Crippen molar-refractivity contribution in [3.63, 3.8) is 0 Å². The smallest absolute Gasteiger partial charge is 0.0762 e. The van der Waals surface area contributed by atoms with E-state index < -0.39 is 0 Å². The van der Waals surface area contributed by atoms with Crippen molar-refractivity contribution < 1.29 is 0 Å². The van der Waals surface area contributed by atoms with Crippen LogP contribution >= 0.6 is 23.2 Å². The molecule has 0 amide bonds. The zero-order chi connectivity index (χ0) is 14.7. The van der Waals surface area contributed by atoms with Crippen molar-refractivity contribution in [1.29, 1.82) is 0 Å². The molecule has 2 aromatic rings. The van der Waals surface area contributed by atoms with E-state index in [0.29, 0.717) is 16.1 Å². The molecule has 2 N–H and O–H groups in total. The average Bonchev–Trinajstić information content (AvgIpc) is 2.98. The van der Waals surface area contributed by atoms with E-state index in [-0.39, 0.29) is 0 Å². The summed E-state index contributed by atoms with van der Waals surface area (Å²) in [5.41, 5.74) is 3.13. The Hall–Kier alpha value is -1.22. The van der Waals surface area contributed by atoms with Gasteiger partial charge in [-0.1, -0.05) is 47.5 Å². The maximum absolute atomic E-state index is 6.24. The van der Waals surface area contributed by atoms with Crippen molar-refractivity contribution in [1.82, 2.24) is 5.32 Å². The monoisotopic (exact) mass is 320 g/mol. The second-order valence-electron chi connectivity index (χ2n) is 5.38. The van der Waals surface area contributed by atoms with E-state index in [9.17, 15) is 0 Å². The third-order valence-electron chi connectivity index (χ3n) is 3.87. The number of hydrogen-bond acceptors (Lipinski definition) is 2. The number of nitrogens with one attached hydrogen (secondary N) is 2. The Morgan fingerprint density at radius 3 is 2.52 bits per heavy atom. The van der Waals surface area contributed by atoms with Crippen molar-refractivity contribution in [2.75, 3.05) is 11.9 Å². The SMILES string of the molecule is Clc1cccc(Cl)c1Nc1ccccc1CC1CCCN1. The highest BCUT2D eigenvalue weighted by molar-refractivity contribution is 6.39. The molecule has 1 unspecified atom stereocenters. The highest BCUT2D eigenvalue weighted by atomic mass is 35.5. The van der Waals surface area contributed by atoms with Gasteiger partial charge in [0.2, 0.25) is 0 Å². The summed E-state index contributed by atoms with van der Waals surface area (Å²) in [6.07, 6.45) is 3.52. The van der Waals surface area contributed by atoms with Crippen LogP contribution in [0.4, 0.5) is 11.4 Å². The molecule has 1 saturated heterocycles. The third-order valence-corrected chi connectivity index (χ3v) is 4.50. The third kappa shape index (κ3) is 3.52. The minimum Gasteiger partial charge on any atom is -0.353 e. The fraction of sp³-hybridized carbons (Fsp3) is 0.294. The van der Waals surface area contributed by atoms with Crippen molar-refractivity contribution in [3.8, 4) is 0 Å². The first-order valence-corrected chi connectivity index (χ1v) is 8.02. The Morgan fingerprint density at radius 2 is 1.81 bits per heavy atom. The molecular formula is C17H18Cl2N2. The lowest BCUT2D eigenvalue weighted by Gasteiger charge is -2.17. The van der Waals surface area contributed by atoms with Gasteiger partial charge in [0.15, 0.2) is 0 Å². The number of halogens is 2. The number of hydrogen-bond donors (Lipinski definition) is 2. The first-order chi connectivity index (χ1) is 10.2. The molecule has 21 heavy (non-hydrogen) atoms. The lowest BCUT2D eigenvalue weighted by atomic mass is 10.0. The second kappa shape index (κ2) is 6.69. The highest BCUT2D eigenvalue weighted by Gasteiger charge is 2.16. The van der Waals surface area contributed by atoms with Gasteiger partial charge in [0.05, 0.1) is 15.7 Å². The summed E-state index contributed by atoms with van der Waals surface area (Å²) in [5, 5.41) is 8.20. The molecule has 0 bridgehead atoms. The van der Waals surface area contributed by atoms with Gasteiger partial charge >= 0.3 is 0 Å². The quantitative estimate of drug-likeness (QED) is 0.825. The van der Waals surface area contributed by atoms with E-state index in [0.717, 1.165) is 24.3 Å². The zero-order valence-corrected chi connectivity index (χ0v) is 13.2.